The van der Waals surface area contributed by atoms with Crippen LogP contribution >= 0.6 is 0 Å². The number of amidine groups is 1. The van der Waals surface area contributed by atoms with Gasteiger partial charge in [0.25, 0.3) is 0 Å². The van der Waals surface area contributed by atoms with Gasteiger partial charge in [0, 0.05) is 17.7 Å². The van der Waals surface area contributed by atoms with Gasteiger partial charge in [0.05, 0.1) is 12.1 Å². The molecule has 3 aromatic rings. The molecule has 23 heavy (non-hydrogen) atoms. The zero-order valence-electron chi connectivity index (χ0n) is 12.3. The zero-order chi connectivity index (χ0) is 15.6. The number of aliphatic imine (C=N–C) groups is 1. The van der Waals surface area contributed by atoms with Gasteiger partial charge in [-0.1, -0.05) is 35.5 Å². The first-order valence-electron chi connectivity index (χ1n) is 7.42. The van der Waals surface area contributed by atoms with Gasteiger partial charge >= 0.3 is 0 Å². The predicted molar refractivity (Wildman–Crippen MR) is 86.7 cm³/mol. The molecule has 0 amide bonds. The lowest BCUT2D eigenvalue weighted by atomic mass is 10.0. The van der Waals surface area contributed by atoms with Crippen LogP contribution in [0.5, 0.6) is 0 Å². The molecule has 2 aromatic carbocycles. The number of rotatable bonds is 3. The monoisotopic (exact) mass is 307 g/mol. The van der Waals surface area contributed by atoms with Crippen LogP contribution in [0.15, 0.2) is 64.1 Å². The molecule has 0 spiro atoms. The number of halogens is 1. The van der Waals surface area contributed by atoms with Crippen molar-refractivity contribution in [2.45, 2.75) is 0 Å². The molecule has 0 bridgehead atoms. The summed E-state index contributed by atoms with van der Waals surface area (Å²) < 4.78 is 18.8. The summed E-state index contributed by atoms with van der Waals surface area (Å²) >= 11 is 0. The van der Waals surface area contributed by atoms with E-state index < -0.39 is 0 Å². The van der Waals surface area contributed by atoms with Crippen LogP contribution in [0, 0.1) is 5.82 Å². The third-order valence-corrected chi connectivity index (χ3v) is 3.76. The van der Waals surface area contributed by atoms with Gasteiger partial charge in [-0.15, -0.1) is 0 Å². The first-order valence-corrected chi connectivity index (χ1v) is 7.42. The molecule has 1 N–H and O–H groups in total. The maximum Gasteiger partial charge on any atom is 0.178 e. The molecule has 2 heterocycles. The Balaban J connectivity index is 1.90. The quantitative estimate of drug-likeness (QED) is 0.805. The van der Waals surface area contributed by atoms with Crippen LogP contribution in [0.3, 0.4) is 0 Å². The second kappa shape index (κ2) is 5.68. The van der Waals surface area contributed by atoms with Crippen LogP contribution in [0.25, 0.3) is 22.6 Å². The van der Waals surface area contributed by atoms with Crippen molar-refractivity contribution in [1.82, 2.24) is 10.5 Å². The molecule has 0 aliphatic carbocycles. The summed E-state index contributed by atoms with van der Waals surface area (Å²) in [4.78, 5) is 4.50. The summed E-state index contributed by atoms with van der Waals surface area (Å²) in [6, 6.07) is 16.0. The molecular formula is C18H14FN3O. The van der Waals surface area contributed by atoms with Crippen molar-refractivity contribution in [3.63, 3.8) is 0 Å². The van der Waals surface area contributed by atoms with E-state index in [0.717, 1.165) is 41.3 Å². The summed E-state index contributed by atoms with van der Waals surface area (Å²) in [6.45, 7) is 1.51. The van der Waals surface area contributed by atoms with Crippen molar-refractivity contribution in [3.05, 3.63) is 66.0 Å². The van der Waals surface area contributed by atoms with E-state index in [4.69, 9.17) is 4.52 Å². The first-order chi connectivity index (χ1) is 11.3. The van der Waals surface area contributed by atoms with Crippen molar-refractivity contribution in [1.29, 1.82) is 0 Å². The van der Waals surface area contributed by atoms with Gasteiger partial charge in [-0.3, -0.25) is 4.99 Å². The lowest BCUT2D eigenvalue weighted by Crippen LogP contribution is -2.20. The SMILES string of the molecule is Fc1ccc(-c2onc(-c3ccccc3)c2C2=NCCN2)cc1. The Morgan fingerprint density at radius 1 is 0.957 bits per heavy atom. The molecule has 1 aliphatic rings. The minimum absolute atomic E-state index is 0.283. The molecule has 4 rings (SSSR count). The van der Waals surface area contributed by atoms with E-state index in [1.165, 1.54) is 12.1 Å². The highest BCUT2D eigenvalue weighted by molar-refractivity contribution is 6.08. The van der Waals surface area contributed by atoms with Gasteiger partial charge in [-0.2, -0.15) is 0 Å². The second-order valence-corrected chi connectivity index (χ2v) is 5.27. The minimum Gasteiger partial charge on any atom is -0.368 e. The van der Waals surface area contributed by atoms with Crippen molar-refractivity contribution in [2.75, 3.05) is 13.1 Å². The number of nitrogens with one attached hydrogen (secondary N) is 1. The molecule has 0 atom stereocenters. The molecule has 4 nitrogen and oxygen atoms in total. The molecule has 1 aromatic heterocycles. The largest absolute Gasteiger partial charge is 0.368 e. The second-order valence-electron chi connectivity index (χ2n) is 5.27. The van der Waals surface area contributed by atoms with Crippen LogP contribution < -0.4 is 5.32 Å². The smallest absolute Gasteiger partial charge is 0.178 e. The van der Waals surface area contributed by atoms with E-state index in [9.17, 15) is 4.39 Å². The number of hydrogen-bond acceptors (Lipinski definition) is 4. The molecule has 0 fully saturated rings. The van der Waals surface area contributed by atoms with E-state index in [0.29, 0.717) is 5.76 Å². The van der Waals surface area contributed by atoms with E-state index in [-0.39, 0.29) is 5.82 Å². The summed E-state index contributed by atoms with van der Waals surface area (Å²) in [5.41, 5.74) is 3.28. The molecular weight excluding hydrogens is 293 g/mol. The molecule has 0 saturated heterocycles. The average molecular weight is 307 g/mol. The molecule has 114 valence electrons. The van der Waals surface area contributed by atoms with E-state index >= 15 is 0 Å². The van der Waals surface area contributed by atoms with Crippen LogP contribution in [-0.2, 0) is 0 Å². The molecule has 5 heteroatoms. The Morgan fingerprint density at radius 3 is 2.43 bits per heavy atom. The number of aromatic nitrogens is 1. The fourth-order valence-corrected chi connectivity index (χ4v) is 2.67. The average Bonchev–Trinajstić information content (AvgIpc) is 3.25. The highest BCUT2D eigenvalue weighted by Crippen LogP contribution is 2.33. The maximum absolute atomic E-state index is 13.2. The van der Waals surface area contributed by atoms with Crippen LogP contribution in [0.1, 0.15) is 5.56 Å². The number of benzene rings is 2. The number of nitrogens with zero attached hydrogens (tertiary/aromatic N) is 2. The Morgan fingerprint density at radius 2 is 1.74 bits per heavy atom. The third-order valence-electron chi connectivity index (χ3n) is 3.76. The van der Waals surface area contributed by atoms with Crippen molar-refractivity contribution >= 4 is 5.84 Å². The van der Waals surface area contributed by atoms with Crippen molar-refractivity contribution in [2.24, 2.45) is 4.99 Å². The van der Waals surface area contributed by atoms with E-state index in [1.54, 1.807) is 12.1 Å². The maximum atomic E-state index is 13.2. The molecule has 1 aliphatic heterocycles. The normalized spacial score (nSPS) is 13.7. The minimum atomic E-state index is -0.283. The highest BCUT2D eigenvalue weighted by Gasteiger charge is 2.24. The fraction of sp³-hybridized carbons (Fsp3) is 0.111. The van der Waals surface area contributed by atoms with Crippen molar-refractivity contribution < 1.29 is 8.91 Å². The van der Waals surface area contributed by atoms with Gasteiger partial charge in [0.2, 0.25) is 0 Å². The predicted octanol–water partition coefficient (Wildman–Crippen LogP) is 3.50. The standard InChI is InChI=1S/C18H14FN3O/c19-14-8-6-13(7-9-14)17-15(18-20-10-11-21-18)16(22-23-17)12-4-2-1-3-5-12/h1-9H,10-11H2,(H,20,21). The van der Waals surface area contributed by atoms with Crippen LogP contribution in [-0.4, -0.2) is 24.1 Å². The third kappa shape index (κ3) is 2.50. The summed E-state index contributed by atoms with van der Waals surface area (Å²) in [7, 11) is 0. The highest BCUT2D eigenvalue weighted by atomic mass is 19.1. The van der Waals surface area contributed by atoms with Crippen molar-refractivity contribution in [3.8, 4) is 22.6 Å². The Bertz CT molecular complexity index is 854. The van der Waals surface area contributed by atoms with E-state index in [2.05, 4.69) is 15.5 Å². The summed E-state index contributed by atoms with van der Waals surface area (Å²) in [5, 5.41) is 7.51. The van der Waals surface area contributed by atoms with Gasteiger partial charge in [0.15, 0.2) is 5.76 Å². The Labute approximate surface area is 132 Å². The van der Waals surface area contributed by atoms with Gasteiger partial charge < -0.3 is 9.84 Å². The Hall–Kier alpha value is -2.95. The lowest BCUT2D eigenvalue weighted by Gasteiger charge is -2.05. The van der Waals surface area contributed by atoms with E-state index in [1.807, 2.05) is 30.3 Å². The van der Waals surface area contributed by atoms with Gasteiger partial charge in [-0.25, -0.2) is 4.39 Å². The van der Waals surface area contributed by atoms with Gasteiger partial charge in [-0.05, 0) is 24.3 Å². The molecule has 0 saturated carbocycles. The van der Waals surface area contributed by atoms with Crippen LogP contribution in [0.2, 0.25) is 0 Å². The summed E-state index contributed by atoms with van der Waals surface area (Å²) in [5.74, 6) is 1.08. The topological polar surface area (TPSA) is 50.4 Å². The zero-order valence-corrected chi connectivity index (χ0v) is 12.3. The number of hydrogen-bond donors (Lipinski definition) is 1. The molecule has 0 radical (unpaired) electrons. The van der Waals surface area contributed by atoms with Gasteiger partial charge in [0.1, 0.15) is 17.3 Å². The summed E-state index contributed by atoms with van der Waals surface area (Å²) in [6.07, 6.45) is 0. The first kappa shape index (κ1) is 13.7. The van der Waals surface area contributed by atoms with Crippen LogP contribution in [0.4, 0.5) is 4.39 Å². The fourth-order valence-electron chi connectivity index (χ4n) is 2.67. The lowest BCUT2D eigenvalue weighted by molar-refractivity contribution is 0.434. The Kier molecular flexibility index (Phi) is 3.38. The molecule has 0 unspecified atom stereocenters.